The molecular weight excluding hydrogens is 176 g/mol. The molecule has 0 bridgehead atoms. The van der Waals surface area contributed by atoms with E-state index in [4.69, 9.17) is 0 Å². The SMILES string of the molecule is CN1c2c(O)cccc2NCC12CC2. The molecule has 14 heavy (non-hydrogen) atoms. The molecular formula is C11H14N2O. The Labute approximate surface area is 83.3 Å². The van der Waals surface area contributed by atoms with Crippen LogP contribution in [-0.4, -0.2) is 24.2 Å². The van der Waals surface area contributed by atoms with Gasteiger partial charge in [-0.2, -0.15) is 0 Å². The minimum absolute atomic E-state index is 0.284. The summed E-state index contributed by atoms with van der Waals surface area (Å²) in [5.41, 5.74) is 2.28. The highest BCUT2D eigenvalue weighted by atomic mass is 16.3. The standard InChI is InChI=1S/C11H14N2O/c1-13-10-8(3-2-4-9(10)14)12-7-11(13)5-6-11/h2-4,12,14H,5-7H2,1H3. The second-order valence-corrected chi connectivity index (χ2v) is 4.31. The third-order valence-corrected chi connectivity index (χ3v) is 3.50. The predicted octanol–water partition coefficient (Wildman–Crippen LogP) is 1.79. The number of phenols is 1. The van der Waals surface area contributed by atoms with Crippen molar-refractivity contribution in [3.05, 3.63) is 18.2 Å². The largest absolute Gasteiger partial charge is 0.506 e. The van der Waals surface area contributed by atoms with Crippen LogP contribution in [0.15, 0.2) is 18.2 Å². The molecule has 1 heterocycles. The van der Waals surface area contributed by atoms with E-state index in [1.54, 1.807) is 6.07 Å². The van der Waals surface area contributed by atoms with Crippen molar-refractivity contribution in [2.24, 2.45) is 0 Å². The van der Waals surface area contributed by atoms with Crippen molar-refractivity contribution in [2.45, 2.75) is 18.4 Å². The second kappa shape index (κ2) is 2.35. The Morgan fingerprint density at radius 1 is 1.43 bits per heavy atom. The maximum Gasteiger partial charge on any atom is 0.141 e. The highest BCUT2D eigenvalue weighted by Gasteiger charge is 2.49. The molecule has 2 aliphatic rings. The topological polar surface area (TPSA) is 35.5 Å². The molecule has 1 aliphatic carbocycles. The van der Waals surface area contributed by atoms with Crippen LogP contribution in [0.4, 0.5) is 11.4 Å². The Bertz CT molecular complexity index is 385. The van der Waals surface area contributed by atoms with Crippen molar-refractivity contribution in [1.29, 1.82) is 0 Å². The van der Waals surface area contributed by atoms with Crippen molar-refractivity contribution in [1.82, 2.24) is 0 Å². The lowest BCUT2D eigenvalue weighted by Crippen LogP contribution is -2.43. The Balaban J connectivity index is 2.13. The van der Waals surface area contributed by atoms with Gasteiger partial charge < -0.3 is 15.3 Å². The van der Waals surface area contributed by atoms with Crippen LogP contribution >= 0.6 is 0 Å². The van der Waals surface area contributed by atoms with E-state index < -0.39 is 0 Å². The van der Waals surface area contributed by atoms with E-state index >= 15 is 0 Å². The summed E-state index contributed by atoms with van der Waals surface area (Å²) in [6.45, 7) is 1.000. The molecule has 0 atom stereocenters. The maximum absolute atomic E-state index is 9.81. The van der Waals surface area contributed by atoms with Crippen LogP contribution in [0.2, 0.25) is 0 Å². The zero-order valence-corrected chi connectivity index (χ0v) is 8.25. The predicted molar refractivity (Wildman–Crippen MR) is 57.0 cm³/mol. The summed E-state index contributed by atoms with van der Waals surface area (Å²) in [4.78, 5) is 2.23. The van der Waals surface area contributed by atoms with Crippen LogP contribution in [0.25, 0.3) is 0 Å². The highest BCUT2D eigenvalue weighted by Crippen LogP contribution is 2.50. The van der Waals surface area contributed by atoms with Crippen molar-refractivity contribution < 1.29 is 5.11 Å². The molecule has 1 aromatic carbocycles. The Morgan fingerprint density at radius 2 is 2.21 bits per heavy atom. The minimum atomic E-state index is 0.284. The number of benzene rings is 1. The van der Waals surface area contributed by atoms with Gasteiger partial charge in [-0.1, -0.05) is 6.07 Å². The summed E-state index contributed by atoms with van der Waals surface area (Å²) in [6.07, 6.45) is 2.45. The number of phenolic OH excluding ortho intramolecular Hbond substituents is 1. The van der Waals surface area contributed by atoms with Gasteiger partial charge in [0, 0.05) is 13.6 Å². The Hall–Kier alpha value is -1.38. The first kappa shape index (κ1) is 7.97. The molecule has 0 unspecified atom stereocenters. The Morgan fingerprint density at radius 3 is 2.93 bits per heavy atom. The molecule has 0 aromatic heterocycles. The summed E-state index contributed by atoms with van der Waals surface area (Å²) in [5.74, 6) is 0.378. The number of aromatic hydroxyl groups is 1. The summed E-state index contributed by atoms with van der Waals surface area (Å²) in [7, 11) is 2.08. The van der Waals surface area contributed by atoms with Gasteiger partial charge in [0.1, 0.15) is 11.4 Å². The van der Waals surface area contributed by atoms with Crippen molar-refractivity contribution >= 4 is 11.4 Å². The average Bonchev–Trinajstić information content (AvgIpc) is 2.93. The zero-order valence-electron chi connectivity index (χ0n) is 8.25. The van der Waals surface area contributed by atoms with Gasteiger partial charge in [0.2, 0.25) is 0 Å². The van der Waals surface area contributed by atoms with Crippen LogP contribution in [0.3, 0.4) is 0 Å². The average molecular weight is 190 g/mol. The fourth-order valence-corrected chi connectivity index (χ4v) is 2.30. The molecule has 0 radical (unpaired) electrons. The van der Waals surface area contributed by atoms with Crippen molar-refractivity contribution in [3.63, 3.8) is 0 Å². The molecule has 1 fully saturated rings. The van der Waals surface area contributed by atoms with Crippen LogP contribution in [0.5, 0.6) is 5.75 Å². The lowest BCUT2D eigenvalue weighted by atomic mass is 10.1. The van der Waals surface area contributed by atoms with E-state index in [1.807, 2.05) is 12.1 Å². The minimum Gasteiger partial charge on any atom is -0.506 e. The number of para-hydroxylation sites is 1. The van der Waals surface area contributed by atoms with E-state index in [-0.39, 0.29) is 5.54 Å². The van der Waals surface area contributed by atoms with Gasteiger partial charge in [0.15, 0.2) is 0 Å². The van der Waals surface area contributed by atoms with Crippen molar-refractivity contribution in [3.8, 4) is 5.75 Å². The first-order chi connectivity index (χ1) is 6.73. The number of anilines is 2. The van der Waals surface area contributed by atoms with Gasteiger partial charge in [0.05, 0.1) is 11.2 Å². The van der Waals surface area contributed by atoms with E-state index in [0.29, 0.717) is 5.75 Å². The van der Waals surface area contributed by atoms with Gasteiger partial charge in [-0.05, 0) is 25.0 Å². The molecule has 74 valence electrons. The second-order valence-electron chi connectivity index (χ2n) is 4.31. The van der Waals surface area contributed by atoms with E-state index in [9.17, 15) is 5.11 Å². The fourth-order valence-electron chi connectivity index (χ4n) is 2.30. The summed E-state index contributed by atoms with van der Waals surface area (Å²) in [5, 5.41) is 13.2. The van der Waals surface area contributed by atoms with Gasteiger partial charge in [-0.15, -0.1) is 0 Å². The maximum atomic E-state index is 9.81. The third-order valence-electron chi connectivity index (χ3n) is 3.50. The normalized spacial score (nSPS) is 21.6. The van der Waals surface area contributed by atoms with E-state index in [1.165, 1.54) is 12.8 Å². The molecule has 1 aliphatic heterocycles. The lowest BCUT2D eigenvalue weighted by molar-refractivity contribution is 0.470. The van der Waals surface area contributed by atoms with Gasteiger partial charge in [-0.25, -0.2) is 0 Å². The molecule has 1 saturated carbocycles. The number of hydrogen-bond donors (Lipinski definition) is 2. The van der Waals surface area contributed by atoms with Gasteiger partial charge in [-0.3, -0.25) is 0 Å². The first-order valence-electron chi connectivity index (χ1n) is 5.03. The van der Waals surface area contributed by atoms with E-state index in [0.717, 1.165) is 17.9 Å². The Kier molecular flexibility index (Phi) is 1.34. The fraction of sp³-hybridized carbons (Fsp3) is 0.455. The number of nitrogens with zero attached hydrogens (tertiary/aromatic N) is 1. The molecule has 1 spiro atoms. The summed E-state index contributed by atoms with van der Waals surface area (Å²) in [6, 6.07) is 5.64. The molecule has 0 saturated heterocycles. The van der Waals surface area contributed by atoms with Crippen molar-refractivity contribution in [2.75, 3.05) is 23.8 Å². The van der Waals surface area contributed by atoms with Gasteiger partial charge >= 0.3 is 0 Å². The number of nitrogens with one attached hydrogen (secondary N) is 1. The molecule has 3 heteroatoms. The number of rotatable bonds is 0. The number of fused-ring (bicyclic) bond motifs is 1. The highest BCUT2D eigenvalue weighted by molar-refractivity contribution is 5.80. The lowest BCUT2D eigenvalue weighted by Gasteiger charge is -2.37. The summed E-state index contributed by atoms with van der Waals surface area (Å²) < 4.78 is 0. The smallest absolute Gasteiger partial charge is 0.141 e. The van der Waals surface area contributed by atoms with Gasteiger partial charge in [0.25, 0.3) is 0 Å². The number of likely N-dealkylation sites (N-methyl/N-ethyl adjacent to an activating group) is 1. The quantitative estimate of drug-likeness (QED) is 0.654. The van der Waals surface area contributed by atoms with E-state index in [2.05, 4.69) is 17.3 Å². The molecule has 1 aromatic rings. The summed E-state index contributed by atoms with van der Waals surface area (Å²) >= 11 is 0. The zero-order chi connectivity index (χ0) is 9.76. The third kappa shape index (κ3) is 0.870. The molecule has 0 amide bonds. The molecule has 3 nitrogen and oxygen atoms in total. The van der Waals surface area contributed by atoms with Crippen LogP contribution in [-0.2, 0) is 0 Å². The monoisotopic (exact) mass is 190 g/mol. The van der Waals surface area contributed by atoms with Crippen LogP contribution in [0, 0.1) is 0 Å². The van der Waals surface area contributed by atoms with Crippen LogP contribution < -0.4 is 10.2 Å². The van der Waals surface area contributed by atoms with Crippen LogP contribution in [0.1, 0.15) is 12.8 Å². The molecule has 2 N–H and O–H groups in total. The number of hydrogen-bond acceptors (Lipinski definition) is 3. The molecule has 3 rings (SSSR count). The first-order valence-corrected chi connectivity index (χ1v) is 5.03.